The molecule has 0 bridgehead atoms. The van der Waals surface area contributed by atoms with Crippen LogP contribution in [0.2, 0.25) is 0 Å². The fourth-order valence-corrected chi connectivity index (χ4v) is 5.56. The molecule has 0 saturated heterocycles. The van der Waals surface area contributed by atoms with E-state index in [0.717, 1.165) is 19.3 Å². The van der Waals surface area contributed by atoms with Crippen molar-refractivity contribution in [2.24, 2.45) is 5.92 Å². The van der Waals surface area contributed by atoms with Crippen LogP contribution in [0.15, 0.2) is 53.4 Å². The molecule has 0 heterocycles. The predicted molar refractivity (Wildman–Crippen MR) is 122 cm³/mol. The Morgan fingerprint density at radius 3 is 2.40 bits per heavy atom. The first-order valence-corrected chi connectivity index (χ1v) is 11.8. The number of aliphatic hydroxyl groups excluding tert-OH is 1. The van der Waals surface area contributed by atoms with Crippen LogP contribution in [0.1, 0.15) is 31.4 Å². The van der Waals surface area contributed by atoms with Crippen LogP contribution in [0.5, 0.6) is 0 Å². The highest BCUT2D eigenvalue weighted by Gasteiger charge is 2.29. The van der Waals surface area contributed by atoms with Gasteiger partial charge < -0.3 is 10.4 Å². The van der Waals surface area contributed by atoms with Crippen LogP contribution in [0.3, 0.4) is 0 Å². The number of hydrogen-bond acceptors (Lipinski definition) is 4. The number of fused-ring (bicyclic) bond motifs is 1. The van der Waals surface area contributed by atoms with E-state index in [4.69, 9.17) is 7.85 Å². The van der Waals surface area contributed by atoms with Crippen molar-refractivity contribution in [2.75, 3.05) is 20.1 Å². The Labute approximate surface area is 182 Å². The van der Waals surface area contributed by atoms with E-state index in [1.165, 1.54) is 34.6 Å². The number of β-amino-alcohol motifs (C(OH)–C–C–N with tert-alkyl or cyclic N) is 1. The van der Waals surface area contributed by atoms with E-state index in [1.54, 1.807) is 12.1 Å². The molecule has 0 aromatic heterocycles. The van der Waals surface area contributed by atoms with Crippen LogP contribution in [0.25, 0.3) is 0 Å². The molecule has 0 spiro atoms. The van der Waals surface area contributed by atoms with E-state index in [0.29, 0.717) is 17.9 Å². The number of rotatable bonds is 9. The zero-order chi connectivity index (χ0) is 21.9. The van der Waals surface area contributed by atoms with Crippen molar-refractivity contribution in [1.29, 1.82) is 0 Å². The lowest BCUT2D eigenvalue weighted by Crippen LogP contribution is -2.47. The first-order chi connectivity index (χ1) is 14.1. The molecule has 1 aliphatic rings. The van der Waals surface area contributed by atoms with Gasteiger partial charge in [-0.2, -0.15) is 4.31 Å². The molecule has 1 unspecified atom stereocenters. The third kappa shape index (κ3) is 5.73. The molecule has 160 valence electrons. The number of likely N-dealkylation sites (N-methyl/N-ethyl adjacent to an activating group) is 1. The third-order valence-corrected chi connectivity index (χ3v) is 7.60. The molecular weight excluding hydrogens is 395 g/mol. The van der Waals surface area contributed by atoms with E-state index in [9.17, 15) is 13.5 Å². The number of benzene rings is 2. The monoisotopic (exact) mass is 426 g/mol. The maximum absolute atomic E-state index is 12.7. The van der Waals surface area contributed by atoms with Crippen molar-refractivity contribution in [3.05, 3.63) is 59.7 Å². The van der Waals surface area contributed by atoms with Gasteiger partial charge in [0.25, 0.3) is 0 Å². The summed E-state index contributed by atoms with van der Waals surface area (Å²) in [6.07, 6.45) is 2.35. The first kappa shape index (κ1) is 23.0. The molecule has 2 N–H and O–H groups in total. The quantitative estimate of drug-likeness (QED) is 0.599. The van der Waals surface area contributed by atoms with Gasteiger partial charge in [-0.15, -0.1) is 0 Å². The van der Waals surface area contributed by atoms with Crippen LogP contribution in [-0.4, -0.2) is 57.5 Å². The lowest BCUT2D eigenvalue weighted by atomic mass is 9.88. The second-order valence-electron chi connectivity index (χ2n) is 9.02. The Balaban J connectivity index is 1.50. The smallest absolute Gasteiger partial charge is 0.242 e. The number of aliphatic hydroxyl groups is 1. The molecule has 0 aliphatic heterocycles. The summed E-state index contributed by atoms with van der Waals surface area (Å²) in [5, 5.41) is 13.9. The van der Waals surface area contributed by atoms with Crippen molar-refractivity contribution in [3.8, 4) is 0 Å². The summed E-state index contributed by atoms with van der Waals surface area (Å²) in [7, 11) is 3.49. The lowest BCUT2D eigenvalue weighted by molar-refractivity contribution is 0.135. The molecular formula is C23H31BN2O3S. The van der Waals surface area contributed by atoms with Gasteiger partial charge in [-0.3, -0.25) is 0 Å². The second-order valence-corrected chi connectivity index (χ2v) is 11.1. The molecule has 0 saturated carbocycles. The van der Waals surface area contributed by atoms with E-state index in [1.807, 2.05) is 0 Å². The van der Waals surface area contributed by atoms with Gasteiger partial charge in [0.15, 0.2) is 0 Å². The SMILES string of the molecule is [B]c1cccc(S(=O)(=O)N(C)CC(O)CNC(C)(C)CC2Cc3ccccc3C2)c1. The summed E-state index contributed by atoms with van der Waals surface area (Å²) in [6.45, 7) is 4.60. The fourth-order valence-electron chi connectivity index (χ4n) is 4.30. The lowest BCUT2D eigenvalue weighted by Gasteiger charge is -2.31. The van der Waals surface area contributed by atoms with Crippen molar-refractivity contribution in [3.63, 3.8) is 0 Å². The normalized spacial score (nSPS) is 16.0. The molecule has 1 aliphatic carbocycles. The van der Waals surface area contributed by atoms with E-state index >= 15 is 0 Å². The molecule has 2 aromatic carbocycles. The highest BCUT2D eigenvalue weighted by atomic mass is 32.2. The molecule has 30 heavy (non-hydrogen) atoms. The topological polar surface area (TPSA) is 69.6 Å². The Morgan fingerprint density at radius 2 is 1.80 bits per heavy atom. The summed E-state index contributed by atoms with van der Waals surface area (Å²) in [4.78, 5) is 0.131. The van der Waals surface area contributed by atoms with Crippen molar-refractivity contribution >= 4 is 23.3 Å². The van der Waals surface area contributed by atoms with Crippen molar-refractivity contribution in [2.45, 2.75) is 49.6 Å². The third-order valence-electron chi connectivity index (χ3n) is 5.78. The van der Waals surface area contributed by atoms with E-state index in [2.05, 4.69) is 43.4 Å². The fraction of sp³-hybridized carbons (Fsp3) is 0.478. The van der Waals surface area contributed by atoms with Crippen LogP contribution in [-0.2, 0) is 22.9 Å². The Bertz CT molecular complexity index is 953. The minimum absolute atomic E-state index is 0.00901. The molecule has 5 nitrogen and oxygen atoms in total. The highest BCUT2D eigenvalue weighted by Crippen LogP contribution is 2.31. The van der Waals surface area contributed by atoms with Gasteiger partial charge in [0.05, 0.1) is 11.0 Å². The molecule has 3 rings (SSSR count). The molecule has 2 radical (unpaired) electrons. The number of nitrogens with one attached hydrogen (secondary N) is 1. The number of sulfonamides is 1. The standard InChI is InChI=1S/C23H31BN2O3S/c1-23(2,14-17-11-18-7-4-5-8-19(18)12-17)25-15-21(27)16-26(3)30(28,29)22-10-6-9-20(24)13-22/h4-10,13,17,21,25,27H,11-12,14-16H2,1-3H3. The largest absolute Gasteiger partial charge is 0.390 e. The first-order valence-electron chi connectivity index (χ1n) is 10.4. The van der Waals surface area contributed by atoms with Gasteiger partial charge in [-0.1, -0.05) is 41.9 Å². The Hall–Kier alpha value is -1.67. The van der Waals surface area contributed by atoms with Crippen LogP contribution >= 0.6 is 0 Å². The van der Waals surface area contributed by atoms with Crippen LogP contribution in [0, 0.1) is 5.92 Å². The highest BCUT2D eigenvalue weighted by molar-refractivity contribution is 7.89. The van der Waals surface area contributed by atoms with Gasteiger partial charge in [0.2, 0.25) is 10.0 Å². The van der Waals surface area contributed by atoms with E-state index in [-0.39, 0.29) is 17.0 Å². The average Bonchev–Trinajstić information content (AvgIpc) is 3.08. The molecule has 0 fully saturated rings. The summed E-state index contributed by atoms with van der Waals surface area (Å²) in [5.41, 5.74) is 3.11. The molecule has 1 atom stereocenters. The summed E-state index contributed by atoms with van der Waals surface area (Å²) in [6, 6.07) is 14.8. The second kappa shape index (κ2) is 9.22. The minimum atomic E-state index is -3.69. The summed E-state index contributed by atoms with van der Waals surface area (Å²) < 4.78 is 26.6. The van der Waals surface area contributed by atoms with Gasteiger partial charge in [0.1, 0.15) is 7.85 Å². The Morgan fingerprint density at radius 1 is 1.17 bits per heavy atom. The van der Waals surface area contributed by atoms with Gasteiger partial charge in [-0.05, 0) is 62.3 Å². The van der Waals surface area contributed by atoms with Crippen LogP contribution < -0.4 is 10.8 Å². The number of nitrogens with zero attached hydrogens (tertiary/aromatic N) is 1. The zero-order valence-electron chi connectivity index (χ0n) is 18.0. The molecule has 7 heteroatoms. The molecule has 2 aromatic rings. The maximum atomic E-state index is 12.7. The van der Waals surface area contributed by atoms with Crippen molar-refractivity contribution in [1.82, 2.24) is 9.62 Å². The van der Waals surface area contributed by atoms with Gasteiger partial charge >= 0.3 is 0 Å². The average molecular weight is 426 g/mol. The predicted octanol–water partition coefficient (Wildman–Crippen LogP) is 1.64. The van der Waals surface area contributed by atoms with Gasteiger partial charge in [-0.25, -0.2) is 8.42 Å². The number of hydrogen-bond donors (Lipinski definition) is 2. The zero-order valence-corrected chi connectivity index (χ0v) is 18.8. The molecule has 0 amide bonds. The van der Waals surface area contributed by atoms with Crippen LogP contribution in [0.4, 0.5) is 0 Å². The van der Waals surface area contributed by atoms with Crippen molar-refractivity contribution < 1.29 is 13.5 Å². The van der Waals surface area contributed by atoms with E-state index < -0.39 is 16.1 Å². The van der Waals surface area contributed by atoms with Gasteiger partial charge in [0, 0.05) is 25.7 Å². The maximum Gasteiger partial charge on any atom is 0.242 e. The Kier molecular flexibility index (Phi) is 7.07. The summed E-state index contributed by atoms with van der Waals surface area (Å²) in [5.74, 6) is 0.577. The minimum Gasteiger partial charge on any atom is -0.390 e. The summed E-state index contributed by atoms with van der Waals surface area (Å²) >= 11 is 0.